The number of nitrogens with zero attached hydrogens (tertiary/aromatic N) is 3. The molecule has 1 aromatic rings. The topological polar surface area (TPSA) is 50.2 Å². The van der Waals surface area contributed by atoms with Crippen molar-refractivity contribution in [1.29, 1.82) is 0 Å². The molecule has 1 saturated heterocycles. The van der Waals surface area contributed by atoms with Crippen LogP contribution in [0.25, 0.3) is 0 Å². The zero-order valence-corrected chi connectivity index (χ0v) is 11.7. The fraction of sp³-hybridized carbons (Fsp3) is 0.636. The van der Waals surface area contributed by atoms with Gasteiger partial charge in [-0.15, -0.1) is 12.4 Å². The maximum atomic E-state index is 13.0. The van der Waals surface area contributed by atoms with Crippen LogP contribution in [-0.2, 0) is 12.7 Å². The first-order valence-corrected chi connectivity index (χ1v) is 6.08. The molecule has 1 aliphatic heterocycles. The van der Waals surface area contributed by atoms with Crippen LogP contribution < -0.4 is 5.32 Å². The number of hydrogen-bond acceptors (Lipinski definition) is 3. The highest BCUT2D eigenvalue weighted by atomic mass is 35.5. The number of rotatable bonds is 2. The van der Waals surface area contributed by atoms with E-state index in [0.29, 0.717) is 26.2 Å². The lowest BCUT2D eigenvalue weighted by Crippen LogP contribution is -2.46. The lowest BCUT2D eigenvalue weighted by molar-refractivity contribution is -0.144. The first-order chi connectivity index (χ1) is 8.95. The van der Waals surface area contributed by atoms with Gasteiger partial charge in [0.05, 0.1) is 11.8 Å². The van der Waals surface area contributed by atoms with Crippen LogP contribution in [0.2, 0.25) is 0 Å². The van der Waals surface area contributed by atoms with E-state index in [-0.39, 0.29) is 24.5 Å². The number of carbonyl (C=O) groups excluding carboxylic acids is 1. The molecule has 0 aliphatic carbocycles. The Morgan fingerprint density at radius 3 is 2.50 bits per heavy atom. The molecule has 0 aromatic carbocycles. The summed E-state index contributed by atoms with van der Waals surface area (Å²) in [5, 5.41) is 6.70. The zero-order valence-electron chi connectivity index (χ0n) is 10.9. The van der Waals surface area contributed by atoms with Crippen LogP contribution in [0.15, 0.2) is 6.20 Å². The Morgan fingerprint density at radius 2 is 2.00 bits per heavy atom. The van der Waals surface area contributed by atoms with Crippen molar-refractivity contribution >= 4 is 18.3 Å². The van der Waals surface area contributed by atoms with Crippen LogP contribution in [-0.4, -0.2) is 46.8 Å². The van der Waals surface area contributed by atoms with E-state index in [1.165, 1.54) is 4.90 Å². The molecule has 0 spiro atoms. The molecule has 0 atom stereocenters. The number of halogens is 4. The molecule has 0 bridgehead atoms. The average Bonchev–Trinajstić information content (AvgIpc) is 2.82. The largest absolute Gasteiger partial charge is 0.433 e. The summed E-state index contributed by atoms with van der Waals surface area (Å²) in [4.78, 5) is 13.6. The first-order valence-electron chi connectivity index (χ1n) is 6.08. The minimum atomic E-state index is -4.58. The van der Waals surface area contributed by atoms with Gasteiger partial charge in [-0.2, -0.15) is 18.3 Å². The van der Waals surface area contributed by atoms with Gasteiger partial charge in [-0.3, -0.25) is 9.48 Å². The van der Waals surface area contributed by atoms with Crippen LogP contribution in [0, 0.1) is 0 Å². The van der Waals surface area contributed by atoms with Crippen LogP contribution in [0.3, 0.4) is 0 Å². The summed E-state index contributed by atoms with van der Waals surface area (Å²) in [5.74, 6) is -0.603. The normalized spacial score (nSPS) is 15.9. The number of carbonyl (C=O) groups is 1. The lowest BCUT2D eigenvalue weighted by atomic mass is 10.2. The molecule has 114 valence electrons. The number of piperazine rings is 1. The van der Waals surface area contributed by atoms with E-state index in [1.807, 2.05) is 0 Å². The van der Waals surface area contributed by atoms with Crippen molar-refractivity contribution < 1.29 is 18.0 Å². The number of amides is 1. The van der Waals surface area contributed by atoms with Gasteiger partial charge in [-0.25, -0.2) is 0 Å². The van der Waals surface area contributed by atoms with E-state index in [2.05, 4.69) is 10.4 Å². The minimum absolute atomic E-state index is 0. The summed E-state index contributed by atoms with van der Waals surface area (Å²) in [7, 11) is 0. The fourth-order valence-corrected chi connectivity index (χ4v) is 2.12. The second-order valence-corrected chi connectivity index (χ2v) is 4.26. The van der Waals surface area contributed by atoms with Crippen molar-refractivity contribution in [2.24, 2.45) is 0 Å². The van der Waals surface area contributed by atoms with Gasteiger partial charge in [0.2, 0.25) is 0 Å². The van der Waals surface area contributed by atoms with Crippen molar-refractivity contribution in [2.45, 2.75) is 19.6 Å². The van der Waals surface area contributed by atoms with Gasteiger partial charge in [-0.1, -0.05) is 0 Å². The number of alkyl halides is 3. The number of aryl methyl sites for hydroxylation is 1. The number of aromatic nitrogens is 2. The maximum Gasteiger partial charge on any atom is 0.433 e. The Labute approximate surface area is 120 Å². The Hall–Kier alpha value is -1.28. The summed E-state index contributed by atoms with van der Waals surface area (Å²) in [6.45, 7) is 3.63. The van der Waals surface area contributed by atoms with E-state index in [0.717, 1.165) is 10.9 Å². The molecular weight excluding hydrogens is 297 g/mol. The van der Waals surface area contributed by atoms with Gasteiger partial charge in [0.1, 0.15) is 0 Å². The van der Waals surface area contributed by atoms with Crippen molar-refractivity contribution in [1.82, 2.24) is 20.0 Å². The Morgan fingerprint density at radius 1 is 1.40 bits per heavy atom. The second kappa shape index (κ2) is 6.45. The minimum Gasteiger partial charge on any atom is -0.336 e. The predicted molar refractivity (Wildman–Crippen MR) is 68.9 cm³/mol. The summed E-state index contributed by atoms with van der Waals surface area (Å²) in [5.41, 5.74) is -1.32. The molecule has 2 heterocycles. The standard InChI is InChI=1S/C11H15F3N4O.ClH/c1-2-18-9(11(12,13)14)8(7-16-18)10(19)17-5-3-15-4-6-17;/h7,15H,2-6H2,1H3;1H. The highest BCUT2D eigenvalue weighted by Crippen LogP contribution is 2.32. The second-order valence-electron chi connectivity index (χ2n) is 4.26. The lowest BCUT2D eigenvalue weighted by Gasteiger charge is -2.27. The molecule has 1 amide bonds. The molecule has 9 heteroatoms. The van der Waals surface area contributed by atoms with E-state index in [4.69, 9.17) is 0 Å². The third-order valence-corrected chi connectivity index (χ3v) is 3.04. The van der Waals surface area contributed by atoms with Crippen molar-refractivity contribution in [3.8, 4) is 0 Å². The number of hydrogen-bond donors (Lipinski definition) is 1. The Kier molecular flexibility index (Phi) is 5.41. The van der Waals surface area contributed by atoms with E-state index in [1.54, 1.807) is 6.92 Å². The SMILES string of the molecule is CCn1ncc(C(=O)N2CCNCC2)c1C(F)(F)F.Cl. The molecule has 0 unspecified atom stereocenters. The molecule has 1 aromatic heterocycles. The van der Waals surface area contributed by atoms with Crippen LogP contribution in [0.4, 0.5) is 13.2 Å². The summed E-state index contributed by atoms with van der Waals surface area (Å²) in [6.07, 6.45) is -3.57. The van der Waals surface area contributed by atoms with Crippen LogP contribution >= 0.6 is 12.4 Å². The van der Waals surface area contributed by atoms with E-state index < -0.39 is 17.8 Å². The molecule has 1 aliphatic rings. The average molecular weight is 313 g/mol. The molecule has 0 radical (unpaired) electrons. The van der Waals surface area contributed by atoms with Crippen molar-refractivity contribution in [3.63, 3.8) is 0 Å². The summed E-state index contributed by atoms with van der Waals surface area (Å²) in [6, 6.07) is 0. The Balaban J connectivity index is 0.00000200. The molecule has 1 N–H and O–H groups in total. The quantitative estimate of drug-likeness (QED) is 0.898. The molecular formula is C11H16ClF3N4O. The van der Waals surface area contributed by atoms with Gasteiger partial charge in [-0.05, 0) is 6.92 Å². The highest BCUT2D eigenvalue weighted by Gasteiger charge is 2.40. The zero-order chi connectivity index (χ0) is 14.0. The number of nitrogens with one attached hydrogen (secondary N) is 1. The molecule has 5 nitrogen and oxygen atoms in total. The molecule has 1 fully saturated rings. The third-order valence-electron chi connectivity index (χ3n) is 3.04. The third kappa shape index (κ3) is 3.24. The summed E-state index contributed by atoms with van der Waals surface area (Å²) >= 11 is 0. The van der Waals surface area contributed by atoms with Gasteiger partial charge >= 0.3 is 6.18 Å². The van der Waals surface area contributed by atoms with Gasteiger partial charge in [0, 0.05) is 32.7 Å². The molecule has 2 rings (SSSR count). The van der Waals surface area contributed by atoms with Crippen molar-refractivity contribution in [2.75, 3.05) is 26.2 Å². The van der Waals surface area contributed by atoms with Crippen LogP contribution in [0.5, 0.6) is 0 Å². The van der Waals surface area contributed by atoms with Gasteiger partial charge in [0.25, 0.3) is 5.91 Å². The van der Waals surface area contributed by atoms with Crippen LogP contribution in [0.1, 0.15) is 23.0 Å². The fourth-order valence-electron chi connectivity index (χ4n) is 2.12. The molecule has 0 saturated carbocycles. The smallest absolute Gasteiger partial charge is 0.336 e. The predicted octanol–water partition coefficient (Wildman–Crippen LogP) is 1.39. The van der Waals surface area contributed by atoms with Crippen molar-refractivity contribution in [3.05, 3.63) is 17.5 Å². The molecule has 20 heavy (non-hydrogen) atoms. The maximum absolute atomic E-state index is 13.0. The first kappa shape index (κ1) is 16.8. The summed E-state index contributed by atoms with van der Waals surface area (Å²) < 4.78 is 39.9. The van der Waals surface area contributed by atoms with E-state index in [9.17, 15) is 18.0 Å². The Bertz CT molecular complexity index is 469. The van der Waals surface area contributed by atoms with Gasteiger partial charge < -0.3 is 10.2 Å². The highest BCUT2D eigenvalue weighted by molar-refractivity contribution is 5.95. The monoisotopic (exact) mass is 312 g/mol. The van der Waals surface area contributed by atoms with E-state index >= 15 is 0 Å². The van der Waals surface area contributed by atoms with Gasteiger partial charge in [0.15, 0.2) is 5.69 Å².